The van der Waals surface area contributed by atoms with E-state index in [1.807, 2.05) is 0 Å². The number of urea groups is 1. The summed E-state index contributed by atoms with van der Waals surface area (Å²) in [7, 11) is -3.72. The molecule has 1 atom stereocenters. The first-order valence-corrected chi connectivity index (χ1v) is 11.8. The maximum Gasteiger partial charge on any atom is 0.433 e. The summed E-state index contributed by atoms with van der Waals surface area (Å²) in [6.07, 6.45) is -2.10. The molecule has 0 aliphatic heterocycles. The van der Waals surface area contributed by atoms with Crippen LogP contribution in [0.5, 0.6) is 0 Å². The van der Waals surface area contributed by atoms with Crippen LogP contribution < -0.4 is 10.5 Å². The van der Waals surface area contributed by atoms with Gasteiger partial charge >= 0.3 is 12.2 Å². The number of carbonyl (C=O) groups excluding carboxylic acids is 1. The first-order chi connectivity index (χ1) is 14.2. The second kappa shape index (κ2) is 8.11. The zero-order chi connectivity index (χ0) is 23.2. The van der Waals surface area contributed by atoms with Gasteiger partial charge in [-0.1, -0.05) is 6.92 Å². The Morgan fingerprint density at radius 1 is 1.39 bits per heavy atom. The molecule has 0 fully saturated rings. The Kier molecular flexibility index (Phi) is 6.17. The third-order valence-corrected chi connectivity index (χ3v) is 7.88. The monoisotopic (exact) mass is 477 g/mol. The van der Waals surface area contributed by atoms with Gasteiger partial charge in [0.25, 0.3) is 0 Å². The number of amides is 2. The van der Waals surface area contributed by atoms with Crippen LogP contribution in [0.25, 0.3) is 0 Å². The van der Waals surface area contributed by atoms with Crippen molar-refractivity contribution in [2.75, 3.05) is 5.32 Å². The number of carbonyl (C=O) groups is 1. The maximum absolute atomic E-state index is 13.5. The Balaban J connectivity index is 2.01. The lowest BCUT2D eigenvalue weighted by Crippen LogP contribution is -2.21. The molecule has 0 saturated carbocycles. The summed E-state index contributed by atoms with van der Waals surface area (Å²) in [4.78, 5) is 20.3. The first-order valence-electron chi connectivity index (χ1n) is 9.40. The number of nitrogens with one attached hydrogen (secondary N) is 1. The van der Waals surface area contributed by atoms with Crippen LogP contribution in [0.4, 0.5) is 23.7 Å². The molecule has 1 unspecified atom stereocenters. The summed E-state index contributed by atoms with van der Waals surface area (Å²) in [5.41, 5.74) is -1.69. The summed E-state index contributed by atoms with van der Waals surface area (Å²) in [5, 5.41) is 18.3. The molecule has 1 aliphatic carbocycles. The normalized spacial score (nSPS) is 16.0. The predicted octanol–water partition coefficient (Wildman–Crippen LogP) is 3.77. The Morgan fingerprint density at radius 2 is 2.06 bits per heavy atom. The van der Waals surface area contributed by atoms with Gasteiger partial charge in [-0.2, -0.15) is 13.2 Å². The minimum Gasteiger partial charge on any atom is -0.383 e. The average molecular weight is 478 g/mol. The van der Waals surface area contributed by atoms with E-state index in [0.717, 1.165) is 17.5 Å². The van der Waals surface area contributed by atoms with Gasteiger partial charge in [-0.05, 0) is 45.1 Å². The number of fused-ring (bicyclic) bond motifs is 1. The van der Waals surface area contributed by atoms with Crippen molar-refractivity contribution in [1.29, 1.82) is 0 Å². The van der Waals surface area contributed by atoms with Gasteiger partial charge in [-0.25, -0.2) is 24.1 Å². The molecule has 2 aromatic rings. The zero-order valence-electron chi connectivity index (χ0n) is 17.0. The fourth-order valence-electron chi connectivity index (χ4n) is 3.33. The van der Waals surface area contributed by atoms with E-state index >= 15 is 0 Å². The highest BCUT2D eigenvalue weighted by atomic mass is 32.2. The smallest absolute Gasteiger partial charge is 0.383 e. The SMILES string of the molecule is CCc1c(C(F)(F)F)nc2c(c1NC(=O)N=S(N)(=O)c1cnc(C(C)(C)O)s1)CCC2. The van der Waals surface area contributed by atoms with E-state index in [2.05, 4.69) is 19.6 Å². The van der Waals surface area contributed by atoms with E-state index < -0.39 is 33.4 Å². The summed E-state index contributed by atoms with van der Waals surface area (Å²) in [6.45, 7) is 4.49. The summed E-state index contributed by atoms with van der Waals surface area (Å²) < 4.78 is 56.8. The lowest BCUT2D eigenvalue weighted by Gasteiger charge is -2.19. The number of thiazole rings is 1. The molecule has 170 valence electrons. The molecule has 13 heteroatoms. The van der Waals surface area contributed by atoms with Crippen molar-refractivity contribution in [3.05, 3.63) is 33.7 Å². The lowest BCUT2D eigenvalue weighted by molar-refractivity contribution is -0.141. The molecule has 0 spiro atoms. The third kappa shape index (κ3) is 4.89. The largest absolute Gasteiger partial charge is 0.433 e. The summed E-state index contributed by atoms with van der Waals surface area (Å²) in [5.74, 6) is 0. The number of anilines is 1. The number of alkyl halides is 3. The molecule has 8 nitrogen and oxygen atoms in total. The van der Waals surface area contributed by atoms with Crippen LogP contribution in [0.1, 0.15) is 54.7 Å². The number of hydrogen-bond donors (Lipinski definition) is 3. The molecule has 1 aliphatic rings. The molecule has 4 N–H and O–H groups in total. The number of nitrogens with zero attached hydrogens (tertiary/aromatic N) is 3. The van der Waals surface area contributed by atoms with Crippen LogP contribution in [-0.4, -0.2) is 25.3 Å². The van der Waals surface area contributed by atoms with Gasteiger partial charge in [-0.15, -0.1) is 15.7 Å². The predicted molar refractivity (Wildman–Crippen MR) is 110 cm³/mol. The molecule has 0 aromatic carbocycles. The topological polar surface area (TPSA) is 131 Å². The van der Waals surface area contributed by atoms with Crippen molar-refractivity contribution < 1.29 is 27.3 Å². The minimum absolute atomic E-state index is 0.00256. The highest BCUT2D eigenvalue weighted by Crippen LogP contribution is 2.39. The quantitative estimate of drug-likeness (QED) is 0.617. The van der Waals surface area contributed by atoms with Crippen LogP contribution in [0.3, 0.4) is 0 Å². The van der Waals surface area contributed by atoms with Crippen molar-refractivity contribution in [2.24, 2.45) is 9.50 Å². The van der Waals surface area contributed by atoms with E-state index in [4.69, 9.17) is 5.14 Å². The van der Waals surface area contributed by atoms with Gasteiger partial charge in [0.2, 0.25) is 0 Å². The second-order valence-electron chi connectivity index (χ2n) is 7.58. The number of hydrogen-bond acceptors (Lipinski definition) is 6. The van der Waals surface area contributed by atoms with E-state index in [9.17, 15) is 27.3 Å². The van der Waals surface area contributed by atoms with Crippen LogP contribution in [0.2, 0.25) is 0 Å². The van der Waals surface area contributed by atoms with E-state index in [0.29, 0.717) is 24.8 Å². The van der Waals surface area contributed by atoms with Gasteiger partial charge in [0, 0.05) is 11.3 Å². The van der Waals surface area contributed by atoms with Crippen LogP contribution >= 0.6 is 11.3 Å². The highest BCUT2D eigenvalue weighted by Gasteiger charge is 2.38. The van der Waals surface area contributed by atoms with Crippen molar-refractivity contribution >= 4 is 33.0 Å². The second-order valence-corrected chi connectivity index (χ2v) is 10.6. The molecule has 2 amide bonds. The van der Waals surface area contributed by atoms with Crippen LogP contribution in [0, 0.1) is 0 Å². The van der Waals surface area contributed by atoms with Crippen LogP contribution in [0.15, 0.2) is 14.8 Å². The number of halogens is 3. The number of aromatic nitrogens is 2. The van der Waals surface area contributed by atoms with E-state index in [1.165, 1.54) is 20.8 Å². The average Bonchev–Trinajstić information content (AvgIpc) is 3.29. The highest BCUT2D eigenvalue weighted by molar-refractivity contribution is 7.93. The van der Waals surface area contributed by atoms with Crippen LogP contribution in [-0.2, 0) is 41.0 Å². The molecular formula is C18H22F3N5O3S2. The van der Waals surface area contributed by atoms with Gasteiger partial charge in [0.1, 0.15) is 20.5 Å². The van der Waals surface area contributed by atoms with E-state index in [1.54, 1.807) is 0 Å². The fourth-order valence-corrected chi connectivity index (χ4v) is 5.39. The van der Waals surface area contributed by atoms with Crippen molar-refractivity contribution in [3.8, 4) is 0 Å². The molecule has 31 heavy (non-hydrogen) atoms. The fraction of sp³-hybridized carbons (Fsp3) is 0.500. The van der Waals surface area contributed by atoms with Gasteiger partial charge in [0.15, 0.2) is 9.92 Å². The Hall–Kier alpha value is -2.09. The first kappa shape index (κ1) is 23.6. The molecule has 3 rings (SSSR count). The Bertz CT molecular complexity index is 1150. The Morgan fingerprint density at radius 3 is 2.61 bits per heavy atom. The lowest BCUT2D eigenvalue weighted by atomic mass is 10.0. The summed E-state index contributed by atoms with van der Waals surface area (Å²) >= 11 is 0.835. The zero-order valence-corrected chi connectivity index (χ0v) is 18.7. The molecule has 0 saturated heterocycles. The standard InChI is InChI=1S/C18H22F3N5O3S2/c1-4-9-13(10-6-5-7-11(10)24-14(9)18(19,20)21)25-16(27)26-31(22,29)12-8-23-15(30-12)17(2,3)28/h8,28H,4-7H2,1-3H3,(H3,22,24,25,26,27,29). The number of rotatable bonds is 4. The number of nitrogens with two attached hydrogens (primary N) is 1. The van der Waals surface area contributed by atoms with E-state index in [-0.39, 0.29) is 32.6 Å². The van der Waals surface area contributed by atoms with Crippen molar-refractivity contribution in [2.45, 2.75) is 62.4 Å². The maximum atomic E-state index is 13.5. The van der Waals surface area contributed by atoms with Gasteiger partial charge in [0.05, 0.1) is 11.9 Å². The molecule has 0 radical (unpaired) electrons. The van der Waals surface area contributed by atoms with Gasteiger partial charge < -0.3 is 10.4 Å². The molecule has 2 heterocycles. The number of pyridine rings is 1. The van der Waals surface area contributed by atoms with Crippen molar-refractivity contribution in [3.63, 3.8) is 0 Å². The summed E-state index contributed by atoms with van der Waals surface area (Å²) in [6, 6.07) is -1.13. The molecule has 0 bridgehead atoms. The Labute approximate surface area is 181 Å². The molecule has 2 aromatic heterocycles. The molecular weight excluding hydrogens is 455 g/mol. The van der Waals surface area contributed by atoms with Crippen molar-refractivity contribution in [1.82, 2.24) is 9.97 Å². The minimum atomic E-state index is -4.68. The third-order valence-electron chi connectivity index (χ3n) is 4.69. The number of aryl methyl sites for hydroxylation is 1. The van der Waals surface area contributed by atoms with Gasteiger partial charge in [-0.3, -0.25) is 0 Å². The number of aliphatic hydroxyl groups is 1.